The van der Waals surface area contributed by atoms with Gasteiger partial charge >= 0.3 is 0 Å². The van der Waals surface area contributed by atoms with E-state index < -0.39 is 6.10 Å². The molecular weight excluding hydrogens is 369 g/mol. The summed E-state index contributed by atoms with van der Waals surface area (Å²) < 4.78 is 5.64. The predicted molar refractivity (Wildman–Crippen MR) is 103 cm³/mol. The van der Waals surface area contributed by atoms with Gasteiger partial charge in [0.2, 0.25) is 0 Å². The van der Waals surface area contributed by atoms with Crippen molar-refractivity contribution in [2.45, 2.75) is 26.0 Å². The van der Waals surface area contributed by atoms with E-state index in [-0.39, 0.29) is 25.1 Å². The van der Waals surface area contributed by atoms with E-state index in [1.54, 1.807) is 6.07 Å². The van der Waals surface area contributed by atoms with Crippen LogP contribution in [0, 0.1) is 6.92 Å². The van der Waals surface area contributed by atoms with Crippen LogP contribution in [0.4, 0.5) is 0 Å². The number of aliphatic hydroxyl groups is 1. The molecule has 0 amide bonds. The third-order valence-corrected chi connectivity index (χ3v) is 4.08. The first-order chi connectivity index (χ1) is 11.0. The number of benzene rings is 2. The highest BCUT2D eigenvalue weighted by atomic mass is 35.5. The van der Waals surface area contributed by atoms with Crippen molar-refractivity contribution in [3.63, 3.8) is 0 Å². The first-order valence-electron chi connectivity index (χ1n) is 7.51. The van der Waals surface area contributed by atoms with E-state index in [2.05, 4.69) is 5.32 Å². The molecule has 0 saturated carbocycles. The van der Waals surface area contributed by atoms with Gasteiger partial charge in [0.1, 0.15) is 18.5 Å². The predicted octanol–water partition coefficient (Wildman–Crippen LogP) is 4.81. The third-order valence-electron chi connectivity index (χ3n) is 3.60. The van der Waals surface area contributed by atoms with Crippen LogP contribution in [-0.4, -0.2) is 24.4 Å². The summed E-state index contributed by atoms with van der Waals surface area (Å²) in [5.41, 5.74) is 2.07. The van der Waals surface area contributed by atoms with Gasteiger partial charge in [-0.2, -0.15) is 0 Å². The standard InChI is InChI=1S/C18H21Cl2NO2.ClH/c1-12-9-16(20)7-8-18(12)23-11-17(22)10-21-13(2)14-3-5-15(19)6-4-14;/h3-9,13,17,21-22H,10-11H2,1-2H3;1H. The zero-order chi connectivity index (χ0) is 16.8. The van der Waals surface area contributed by atoms with Crippen LogP contribution in [0.5, 0.6) is 5.75 Å². The van der Waals surface area contributed by atoms with E-state index in [1.165, 1.54) is 0 Å². The molecule has 0 bridgehead atoms. The summed E-state index contributed by atoms with van der Waals surface area (Å²) in [5, 5.41) is 14.7. The number of rotatable bonds is 7. The van der Waals surface area contributed by atoms with Gasteiger partial charge in [-0.3, -0.25) is 0 Å². The van der Waals surface area contributed by atoms with Crippen molar-refractivity contribution in [3.8, 4) is 5.75 Å². The summed E-state index contributed by atoms with van der Waals surface area (Å²) in [4.78, 5) is 0. The fourth-order valence-electron chi connectivity index (χ4n) is 2.20. The molecule has 2 N–H and O–H groups in total. The molecule has 0 aliphatic heterocycles. The summed E-state index contributed by atoms with van der Waals surface area (Å²) in [5.74, 6) is 0.735. The molecular formula is C18H22Cl3NO2. The topological polar surface area (TPSA) is 41.5 Å². The number of nitrogens with one attached hydrogen (secondary N) is 1. The summed E-state index contributed by atoms with van der Waals surface area (Å²) >= 11 is 11.8. The number of halogens is 3. The Hall–Kier alpha value is -0.970. The van der Waals surface area contributed by atoms with Crippen LogP contribution in [0.25, 0.3) is 0 Å². The largest absolute Gasteiger partial charge is 0.491 e. The van der Waals surface area contributed by atoms with Crippen LogP contribution in [0.3, 0.4) is 0 Å². The molecule has 6 heteroatoms. The molecule has 2 aromatic rings. The second kappa shape index (κ2) is 10.1. The maximum absolute atomic E-state index is 10.1. The molecule has 0 heterocycles. The maximum Gasteiger partial charge on any atom is 0.122 e. The van der Waals surface area contributed by atoms with Crippen LogP contribution in [0.1, 0.15) is 24.1 Å². The fourth-order valence-corrected chi connectivity index (χ4v) is 2.55. The van der Waals surface area contributed by atoms with Crippen molar-refractivity contribution in [2.24, 2.45) is 0 Å². The van der Waals surface area contributed by atoms with Crippen molar-refractivity contribution in [3.05, 3.63) is 63.6 Å². The number of aryl methyl sites for hydroxylation is 1. The maximum atomic E-state index is 10.1. The van der Waals surface area contributed by atoms with Crippen molar-refractivity contribution in [2.75, 3.05) is 13.2 Å². The molecule has 2 aromatic carbocycles. The minimum atomic E-state index is -0.597. The SMILES string of the molecule is Cc1cc(Cl)ccc1OCC(O)CNC(C)c1ccc(Cl)cc1.Cl. The van der Waals surface area contributed by atoms with Crippen LogP contribution in [-0.2, 0) is 0 Å². The summed E-state index contributed by atoms with van der Waals surface area (Å²) in [6, 6.07) is 13.2. The van der Waals surface area contributed by atoms with Crippen molar-refractivity contribution in [1.82, 2.24) is 5.32 Å². The average molecular weight is 391 g/mol. The number of hydrogen-bond acceptors (Lipinski definition) is 3. The molecule has 0 fully saturated rings. The minimum Gasteiger partial charge on any atom is -0.491 e. The van der Waals surface area contributed by atoms with E-state index >= 15 is 0 Å². The van der Waals surface area contributed by atoms with E-state index in [0.29, 0.717) is 16.6 Å². The van der Waals surface area contributed by atoms with Gasteiger partial charge in [-0.1, -0.05) is 35.3 Å². The second-order valence-electron chi connectivity index (χ2n) is 5.56. The highest BCUT2D eigenvalue weighted by Gasteiger charge is 2.10. The zero-order valence-electron chi connectivity index (χ0n) is 13.6. The highest BCUT2D eigenvalue weighted by Crippen LogP contribution is 2.22. The smallest absolute Gasteiger partial charge is 0.122 e. The molecule has 0 radical (unpaired) electrons. The molecule has 0 spiro atoms. The first-order valence-corrected chi connectivity index (χ1v) is 8.27. The number of hydrogen-bond donors (Lipinski definition) is 2. The quantitative estimate of drug-likeness (QED) is 0.712. The summed E-state index contributed by atoms with van der Waals surface area (Å²) in [7, 11) is 0. The van der Waals surface area contributed by atoms with Crippen LogP contribution < -0.4 is 10.1 Å². The Morgan fingerprint density at radius 2 is 1.71 bits per heavy atom. The molecule has 2 rings (SSSR count). The van der Waals surface area contributed by atoms with E-state index in [9.17, 15) is 5.11 Å². The fraction of sp³-hybridized carbons (Fsp3) is 0.333. The molecule has 0 saturated heterocycles. The Balaban J connectivity index is 0.00000288. The van der Waals surface area contributed by atoms with Crippen molar-refractivity contribution in [1.29, 1.82) is 0 Å². The number of aliphatic hydroxyl groups excluding tert-OH is 1. The molecule has 0 aromatic heterocycles. The van der Waals surface area contributed by atoms with Crippen LogP contribution in [0.15, 0.2) is 42.5 Å². The lowest BCUT2D eigenvalue weighted by Crippen LogP contribution is -2.33. The van der Waals surface area contributed by atoms with Crippen molar-refractivity contribution >= 4 is 35.6 Å². The average Bonchev–Trinajstić information content (AvgIpc) is 2.52. The van der Waals surface area contributed by atoms with Gasteiger partial charge in [0.15, 0.2) is 0 Å². The van der Waals surface area contributed by atoms with Crippen molar-refractivity contribution < 1.29 is 9.84 Å². The minimum absolute atomic E-state index is 0. The van der Waals surface area contributed by atoms with Gasteiger partial charge in [-0.05, 0) is 55.3 Å². The normalized spacial score (nSPS) is 13.0. The Morgan fingerprint density at radius 3 is 2.33 bits per heavy atom. The molecule has 2 atom stereocenters. The van der Waals surface area contributed by atoms with Gasteiger partial charge in [0.25, 0.3) is 0 Å². The Bertz CT molecular complexity index is 635. The van der Waals surface area contributed by atoms with Gasteiger partial charge in [0.05, 0.1) is 0 Å². The molecule has 0 aliphatic rings. The Labute approximate surface area is 159 Å². The van der Waals surface area contributed by atoms with Gasteiger partial charge in [-0.25, -0.2) is 0 Å². The van der Waals surface area contributed by atoms with E-state index in [4.69, 9.17) is 27.9 Å². The first kappa shape index (κ1) is 21.1. The lowest BCUT2D eigenvalue weighted by molar-refractivity contribution is 0.104. The Morgan fingerprint density at radius 1 is 1.08 bits per heavy atom. The lowest BCUT2D eigenvalue weighted by atomic mass is 10.1. The Kier molecular flexibility index (Phi) is 8.88. The molecule has 132 valence electrons. The summed E-state index contributed by atoms with van der Waals surface area (Å²) in [6.07, 6.45) is -0.597. The lowest BCUT2D eigenvalue weighted by Gasteiger charge is -2.18. The molecule has 0 aliphatic carbocycles. The van der Waals surface area contributed by atoms with Crippen LogP contribution >= 0.6 is 35.6 Å². The van der Waals surface area contributed by atoms with Gasteiger partial charge < -0.3 is 15.2 Å². The molecule has 2 unspecified atom stereocenters. The molecule has 3 nitrogen and oxygen atoms in total. The van der Waals surface area contributed by atoms with E-state index in [1.807, 2.05) is 50.2 Å². The van der Waals surface area contributed by atoms with Crippen LogP contribution in [0.2, 0.25) is 10.0 Å². The second-order valence-corrected chi connectivity index (χ2v) is 6.43. The monoisotopic (exact) mass is 389 g/mol. The third kappa shape index (κ3) is 6.50. The highest BCUT2D eigenvalue weighted by molar-refractivity contribution is 6.30. The van der Waals surface area contributed by atoms with Gasteiger partial charge in [-0.15, -0.1) is 12.4 Å². The number of ether oxygens (including phenoxy) is 1. The molecule has 24 heavy (non-hydrogen) atoms. The zero-order valence-corrected chi connectivity index (χ0v) is 16.0. The summed E-state index contributed by atoms with van der Waals surface area (Å²) in [6.45, 7) is 4.63. The van der Waals surface area contributed by atoms with Gasteiger partial charge in [0, 0.05) is 22.6 Å². The van der Waals surface area contributed by atoms with E-state index in [0.717, 1.165) is 16.9 Å².